The summed E-state index contributed by atoms with van der Waals surface area (Å²) < 4.78 is 22.5. The van der Waals surface area contributed by atoms with Crippen molar-refractivity contribution in [3.05, 3.63) is 58.1 Å². The molecule has 6 nitrogen and oxygen atoms in total. The van der Waals surface area contributed by atoms with E-state index in [1.54, 1.807) is 0 Å². The maximum atomic E-state index is 13.2. The van der Waals surface area contributed by atoms with E-state index in [-0.39, 0.29) is 29.6 Å². The standard InChI is InChI=1S/C32H39ClN2O4S/c1-20-17-40-34-31(36)22-5-9-29-28(14-22)35(16-23-4-7-26(23)30-15-25(39-20)10-12-37-30)18-32(19-38-29)11-2-3-21-13-24(33)6-8-27(21)32/h5-6,8-9,13-14,20,23,25-26,30H,2-4,7,10-12,15-19H2,1H3,(H,34,36)/t20-,23-,25-,26+,30+,32-/m0/s1. The normalized spacial score (nSPS) is 34.0. The first-order chi connectivity index (χ1) is 19.5. The highest BCUT2D eigenvalue weighted by Gasteiger charge is 2.45. The van der Waals surface area contributed by atoms with E-state index in [2.05, 4.69) is 28.7 Å². The van der Waals surface area contributed by atoms with Gasteiger partial charge in [0.2, 0.25) is 0 Å². The third-order valence-electron chi connectivity index (χ3n) is 9.88. The van der Waals surface area contributed by atoms with E-state index >= 15 is 0 Å². The fraction of sp³-hybridized carbons (Fsp3) is 0.594. The number of fused-ring (bicyclic) bond motifs is 7. The van der Waals surface area contributed by atoms with Gasteiger partial charge in [0.15, 0.2) is 0 Å². The first kappa shape index (κ1) is 26.9. The molecule has 1 spiro atoms. The van der Waals surface area contributed by atoms with Gasteiger partial charge in [0.25, 0.3) is 5.91 Å². The van der Waals surface area contributed by atoms with Gasteiger partial charge in [-0.3, -0.25) is 9.52 Å². The topological polar surface area (TPSA) is 60.0 Å². The van der Waals surface area contributed by atoms with Crippen molar-refractivity contribution in [2.45, 2.75) is 75.6 Å². The van der Waals surface area contributed by atoms with Crippen LogP contribution in [0.2, 0.25) is 5.02 Å². The lowest BCUT2D eigenvalue weighted by molar-refractivity contribution is -0.126. The average molecular weight is 583 g/mol. The number of hydrogen-bond donors (Lipinski definition) is 1. The van der Waals surface area contributed by atoms with E-state index in [0.717, 1.165) is 68.3 Å². The van der Waals surface area contributed by atoms with Gasteiger partial charge >= 0.3 is 0 Å². The van der Waals surface area contributed by atoms with E-state index < -0.39 is 0 Å². The Hall–Kier alpha value is -1.93. The summed E-state index contributed by atoms with van der Waals surface area (Å²) in [6, 6.07) is 12.3. The van der Waals surface area contributed by atoms with Gasteiger partial charge in [0.1, 0.15) is 5.75 Å². The van der Waals surface area contributed by atoms with Crippen molar-refractivity contribution in [1.82, 2.24) is 4.72 Å². The number of benzene rings is 2. The second-order valence-corrected chi connectivity index (χ2v) is 13.8. The molecule has 4 bridgehead atoms. The van der Waals surface area contributed by atoms with E-state index in [1.165, 1.54) is 35.9 Å². The van der Waals surface area contributed by atoms with Crippen molar-refractivity contribution in [2.75, 3.05) is 37.0 Å². The number of carbonyl (C=O) groups is 1. The monoisotopic (exact) mass is 582 g/mol. The zero-order chi connectivity index (χ0) is 27.3. The van der Waals surface area contributed by atoms with Gasteiger partial charge in [-0.05, 0) is 111 Å². The Morgan fingerprint density at radius 2 is 2.08 bits per heavy atom. The number of halogens is 1. The van der Waals surface area contributed by atoms with Crippen LogP contribution in [0.25, 0.3) is 0 Å². The van der Waals surface area contributed by atoms with E-state index in [4.69, 9.17) is 25.8 Å². The van der Waals surface area contributed by atoms with Crippen molar-refractivity contribution in [1.29, 1.82) is 0 Å². The van der Waals surface area contributed by atoms with Gasteiger partial charge in [-0.1, -0.05) is 17.7 Å². The molecule has 3 heterocycles. The van der Waals surface area contributed by atoms with E-state index in [9.17, 15) is 4.79 Å². The number of amides is 1. The first-order valence-electron chi connectivity index (χ1n) is 15.0. The zero-order valence-corrected chi connectivity index (χ0v) is 24.8. The second-order valence-electron chi connectivity index (χ2n) is 12.5. The molecule has 2 aromatic carbocycles. The number of aryl methyl sites for hydroxylation is 1. The number of nitrogens with zero attached hydrogens (tertiary/aromatic N) is 1. The minimum Gasteiger partial charge on any atom is -0.490 e. The quantitative estimate of drug-likeness (QED) is 0.374. The van der Waals surface area contributed by atoms with Crippen molar-refractivity contribution >= 4 is 35.1 Å². The van der Waals surface area contributed by atoms with Crippen LogP contribution in [-0.2, 0) is 21.3 Å². The zero-order valence-electron chi connectivity index (χ0n) is 23.2. The lowest BCUT2D eigenvalue weighted by Crippen LogP contribution is -2.51. The van der Waals surface area contributed by atoms with Crippen molar-refractivity contribution in [2.24, 2.45) is 11.8 Å². The molecule has 8 heteroatoms. The molecule has 6 atom stereocenters. The molecule has 2 aliphatic carbocycles. The van der Waals surface area contributed by atoms with Crippen LogP contribution < -0.4 is 14.4 Å². The molecule has 5 aliphatic rings. The molecule has 2 fully saturated rings. The molecule has 40 heavy (non-hydrogen) atoms. The Morgan fingerprint density at radius 3 is 2.95 bits per heavy atom. The lowest BCUT2D eigenvalue weighted by Gasteiger charge is -2.48. The highest BCUT2D eigenvalue weighted by molar-refractivity contribution is 7.98. The Kier molecular flexibility index (Phi) is 7.44. The second kappa shape index (κ2) is 11.0. The average Bonchev–Trinajstić information content (AvgIpc) is 3.07. The number of hydrogen-bond acceptors (Lipinski definition) is 6. The maximum absolute atomic E-state index is 13.2. The molecule has 0 radical (unpaired) electrons. The lowest BCUT2D eigenvalue weighted by atomic mass is 9.67. The van der Waals surface area contributed by atoms with Gasteiger partial charge in [0, 0.05) is 47.9 Å². The molecule has 1 amide bonds. The van der Waals surface area contributed by atoms with Crippen LogP contribution in [0, 0.1) is 11.8 Å². The molecule has 0 unspecified atom stereocenters. The molecular weight excluding hydrogens is 544 g/mol. The first-order valence-corrected chi connectivity index (χ1v) is 16.3. The number of carbonyl (C=O) groups excluding carboxylic acids is 1. The highest BCUT2D eigenvalue weighted by atomic mass is 35.5. The molecule has 2 aromatic rings. The summed E-state index contributed by atoms with van der Waals surface area (Å²) in [5.74, 6) is 2.59. The predicted octanol–water partition coefficient (Wildman–Crippen LogP) is 6.18. The van der Waals surface area contributed by atoms with Gasteiger partial charge < -0.3 is 19.1 Å². The van der Waals surface area contributed by atoms with Gasteiger partial charge in [0.05, 0.1) is 30.6 Å². The summed E-state index contributed by atoms with van der Waals surface area (Å²) in [6.07, 6.45) is 8.11. The fourth-order valence-corrected chi connectivity index (χ4v) is 8.56. The number of anilines is 1. The van der Waals surface area contributed by atoms with Crippen molar-refractivity contribution in [3.63, 3.8) is 0 Å². The minimum atomic E-state index is -0.119. The van der Waals surface area contributed by atoms with Crippen LogP contribution in [0.1, 0.15) is 66.9 Å². The Bertz CT molecular complexity index is 1280. The van der Waals surface area contributed by atoms with Gasteiger partial charge in [-0.2, -0.15) is 0 Å². The maximum Gasteiger partial charge on any atom is 0.261 e. The van der Waals surface area contributed by atoms with Crippen LogP contribution in [0.5, 0.6) is 5.75 Å². The minimum absolute atomic E-state index is 0.0690. The largest absolute Gasteiger partial charge is 0.490 e. The van der Waals surface area contributed by atoms with Crippen LogP contribution in [0.4, 0.5) is 5.69 Å². The third kappa shape index (κ3) is 5.12. The molecule has 1 N–H and O–H groups in total. The molecule has 3 aliphatic heterocycles. The van der Waals surface area contributed by atoms with Crippen LogP contribution in [0.15, 0.2) is 36.4 Å². The number of ether oxygens (including phenoxy) is 3. The fourth-order valence-electron chi connectivity index (χ4n) is 7.72. The Balaban J connectivity index is 1.26. The summed E-state index contributed by atoms with van der Waals surface area (Å²) in [6.45, 7) is 5.30. The molecule has 7 rings (SSSR count). The molecular formula is C32H39ClN2O4S. The van der Waals surface area contributed by atoms with Crippen LogP contribution in [-0.4, -0.2) is 56.3 Å². The van der Waals surface area contributed by atoms with Gasteiger partial charge in [-0.15, -0.1) is 0 Å². The molecule has 0 aromatic heterocycles. The summed E-state index contributed by atoms with van der Waals surface area (Å²) in [7, 11) is 0. The summed E-state index contributed by atoms with van der Waals surface area (Å²) in [5.41, 5.74) is 4.29. The van der Waals surface area contributed by atoms with E-state index in [0.29, 0.717) is 29.8 Å². The van der Waals surface area contributed by atoms with Crippen molar-refractivity contribution < 1.29 is 19.0 Å². The van der Waals surface area contributed by atoms with E-state index in [1.807, 2.05) is 24.3 Å². The number of nitrogens with one attached hydrogen (secondary N) is 1. The Labute approximate surface area is 246 Å². The molecule has 214 valence electrons. The summed E-state index contributed by atoms with van der Waals surface area (Å²) in [5, 5.41) is 0.800. The summed E-state index contributed by atoms with van der Waals surface area (Å²) in [4.78, 5) is 15.8. The summed E-state index contributed by atoms with van der Waals surface area (Å²) >= 11 is 7.85. The van der Waals surface area contributed by atoms with Crippen LogP contribution >= 0.6 is 23.5 Å². The molecule has 1 saturated carbocycles. The smallest absolute Gasteiger partial charge is 0.261 e. The van der Waals surface area contributed by atoms with Gasteiger partial charge in [-0.25, -0.2) is 0 Å². The number of rotatable bonds is 0. The van der Waals surface area contributed by atoms with Crippen molar-refractivity contribution in [3.8, 4) is 5.75 Å². The van der Waals surface area contributed by atoms with Crippen LogP contribution in [0.3, 0.4) is 0 Å². The Morgan fingerprint density at radius 1 is 1.15 bits per heavy atom. The third-order valence-corrected chi connectivity index (χ3v) is 11.1. The predicted molar refractivity (Wildman–Crippen MR) is 160 cm³/mol. The molecule has 1 saturated heterocycles. The SMILES string of the molecule is C[C@H]1CSNC(=O)c2ccc3c(c2)N(C[C@@H]2CC[C@H]2[C@H]2C[C@H](CCO2)O1)C[C@@]1(CCCc2cc(Cl)ccc21)CO3. The highest BCUT2D eigenvalue weighted by Crippen LogP contribution is 2.47.